The quantitative estimate of drug-likeness (QED) is 0.751. The molecule has 2 bridgehead atoms. The first-order chi connectivity index (χ1) is 13.3. The molecule has 0 aromatic carbocycles. The van der Waals surface area contributed by atoms with Gasteiger partial charge in [0.25, 0.3) is 0 Å². The summed E-state index contributed by atoms with van der Waals surface area (Å²) >= 11 is 0. The maximum absolute atomic E-state index is 5.14. The lowest BCUT2D eigenvalue weighted by molar-refractivity contribution is -0.00876. The summed E-state index contributed by atoms with van der Waals surface area (Å²) in [6.45, 7) is 3.00. The Morgan fingerprint density at radius 2 is 1.93 bits per heavy atom. The highest BCUT2D eigenvalue weighted by Crippen LogP contribution is 2.35. The summed E-state index contributed by atoms with van der Waals surface area (Å²) in [6, 6.07) is 9.44. The predicted molar refractivity (Wildman–Crippen MR) is 103 cm³/mol. The van der Waals surface area contributed by atoms with Gasteiger partial charge in [-0.1, -0.05) is 6.07 Å². The Kier molecular flexibility index (Phi) is 4.01. The summed E-state index contributed by atoms with van der Waals surface area (Å²) in [7, 11) is 1.65. The second-order valence-corrected chi connectivity index (χ2v) is 7.22. The number of H-pyrrole nitrogens is 1. The molecule has 138 valence electrons. The van der Waals surface area contributed by atoms with E-state index in [1.54, 1.807) is 7.11 Å². The van der Waals surface area contributed by atoms with Crippen LogP contribution in [0.4, 0.5) is 5.82 Å². The molecule has 0 amide bonds. The van der Waals surface area contributed by atoms with Gasteiger partial charge >= 0.3 is 0 Å². The number of nitrogens with one attached hydrogen (secondary N) is 1. The third kappa shape index (κ3) is 3.04. The molecule has 7 heteroatoms. The maximum Gasteiger partial charge on any atom is 0.212 e. The molecule has 3 aromatic rings. The van der Waals surface area contributed by atoms with Gasteiger partial charge < -0.3 is 9.64 Å². The van der Waals surface area contributed by atoms with Gasteiger partial charge in [-0.2, -0.15) is 5.10 Å². The van der Waals surface area contributed by atoms with Gasteiger partial charge in [-0.3, -0.25) is 10.00 Å². The number of piperazine rings is 1. The van der Waals surface area contributed by atoms with Crippen LogP contribution < -0.4 is 9.64 Å². The van der Waals surface area contributed by atoms with Crippen molar-refractivity contribution < 1.29 is 4.74 Å². The largest absolute Gasteiger partial charge is 0.481 e. The van der Waals surface area contributed by atoms with E-state index in [4.69, 9.17) is 4.74 Å². The summed E-state index contributed by atoms with van der Waals surface area (Å²) in [5.74, 6) is 1.72. The van der Waals surface area contributed by atoms with E-state index >= 15 is 0 Å². The van der Waals surface area contributed by atoms with E-state index in [1.807, 2.05) is 30.9 Å². The van der Waals surface area contributed by atoms with Crippen molar-refractivity contribution in [2.45, 2.75) is 25.0 Å². The van der Waals surface area contributed by atoms with Gasteiger partial charge in [-0.05, 0) is 24.1 Å². The smallest absolute Gasteiger partial charge is 0.212 e. The zero-order valence-corrected chi connectivity index (χ0v) is 15.2. The van der Waals surface area contributed by atoms with Crippen LogP contribution in [-0.4, -0.2) is 57.3 Å². The summed E-state index contributed by atoms with van der Waals surface area (Å²) < 4.78 is 5.14. The van der Waals surface area contributed by atoms with Crippen molar-refractivity contribution in [1.29, 1.82) is 0 Å². The number of aromatic amines is 1. The molecular formula is C20H22N6O. The van der Waals surface area contributed by atoms with E-state index < -0.39 is 0 Å². The number of ether oxygens (including phenoxy) is 1. The molecular weight excluding hydrogens is 340 g/mol. The normalized spacial score (nSPS) is 21.7. The van der Waals surface area contributed by atoms with Crippen molar-refractivity contribution in [3.63, 3.8) is 0 Å². The van der Waals surface area contributed by atoms with E-state index in [0.29, 0.717) is 18.0 Å². The molecule has 0 spiro atoms. The molecule has 0 saturated carbocycles. The number of hydrogen-bond acceptors (Lipinski definition) is 6. The molecule has 3 aromatic heterocycles. The Morgan fingerprint density at radius 3 is 2.56 bits per heavy atom. The maximum atomic E-state index is 5.14. The van der Waals surface area contributed by atoms with Crippen molar-refractivity contribution in [2.24, 2.45) is 0 Å². The number of rotatable bonds is 5. The summed E-state index contributed by atoms with van der Waals surface area (Å²) in [5.41, 5.74) is 3.39. The van der Waals surface area contributed by atoms with E-state index in [0.717, 1.165) is 36.6 Å². The van der Waals surface area contributed by atoms with E-state index in [1.165, 1.54) is 12.0 Å². The minimum absolute atomic E-state index is 0.584. The number of hydrogen-bond donors (Lipinski definition) is 1. The van der Waals surface area contributed by atoms with Crippen molar-refractivity contribution in [3.05, 3.63) is 54.6 Å². The predicted octanol–water partition coefficient (Wildman–Crippen LogP) is 2.34. The minimum Gasteiger partial charge on any atom is -0.481 e. The summed E-state index contributed by atoms with van der Waals surface area (Å²) in [6.07, 6.45) is 8.83. The van der Waals surface area contributed by atoms with Crippen LogP contribution in [0.3, 0.4) is 0 Å². The van der Waals surface area contributed by atoms with Crippen molar-refractivity contribution in [3.8, 4) is 17.0 Å². The monoisotopic (exact) mass is 362 g/mol. The summed E-state index contributed by atoms with van der Waals surface area (Å²) in [4.78, 5) is 14.0. The second kappa shape index (κ2) is 6.66. The van der Waals surface area contributed by atoms with Crippen molar-refractivity contribution in [1.82, 2.24) is 25.1 Å². The molecule has 27 heavy (non-hydrogen) atoms. The molecule has 3 aliphatic heterocycles. The highest BCUT2D eigenvalue weighted by Gasteiger charge is 2.44. The zero-order valence-electron chi connectivity index (χ0n) is 15.2. The molecule has 6 rings (SSSR count). The van der Waals surface area contributed by atoms with Gasteiger partial charge in [-0.15, -0.1) is 0 Å². The van der Waals surface area contributed by atoms with Gasteiger partial charge in [0, 0.05) is 67.5 Å². The van der Waals surface area contributed by atoms with E-state index in [9.17, 15) is 0 Å². The molecule has 6 heterocycles. The minimum atomic E-state index is 0.584. The van der Waals surface area contributed by atoms with Gasteiger partial charge in [0.05, 0.1) is 13.3 Å². The topological polar surface area (TPSA) is 70.2 Å². The average Bonchev–Trinajstić information content (AvgIpc) is 3.27. The lowest BCUT2D eigenvalue weighted by atomic mass is 9.87. The number of anilines is 1. The fraction of sp³-hybridized carbons (Fsp3) is 0.350. The lowest BCUT2D eigenvalue weighted by Gasteiger charge is -2.56. The Labute approximate surface area is 158 Å². The molecule has 3 saturated heterocycles. The van der Waals surface area contributed by atoms with Crippen molar-refractivity contribution in [2.75, 3.05) is 25.1 Å². The van der Waals surface area contributed by atoms with Crippen LogP contribution in [0.1, 0.15) is 12.0 Å². The highest BCUT2D eigenvalue weighted by molar-refractivity contribution is 5.62. The molecule has 7 nitrogen and oxygen atoms in total. The Morgan fingerprint density at radius 1 is 1.04 bits per heavy atom. The van der Waals surface area contributed by atoms with Crippen LogP contribution in [0.25, 0.3) is 11.1 Å². The van der Waals surface area contributed by atoms with Gasteiger partial charge in [-0.25, -0.2) is 9.97 Å². The van der Waals surface area contributed by atoms with E-state index in [2.05, 4.69) is 48.2 Å². The van der Waals surface area contributed by atoms with Crippen LogP contribution in [0.2, 0.25) is 0 Å². The molecule has 2 atom stereocenters. The van der Waals surface area contributed by atoms with Gasteiger partial charge in [0.2, 0.25) is 5.88 Å². The van der Waals surface area contributed by atoms with Crippen LogP contribution >= 0.6 is 0 Å². The van der Waals surface area contributed by atoms with E-state index in [-0.39, 0.29) is 0 Å². The molecule has 3 aliphatic rings. The Bertz CT molecular complexity index is 881. The Hall–Kier alpha value is -2.93. The lowest BCUT2D eigenvalue weighted by Crippen LogP contribution is -2.68. The molecule has 2 unspecified atom stereocenters. The first-order valence-corrected chi connectivity index (χ1v) is 9.25. The summed E-state index contributed by atoms with van der Waals surface area (Å²) in [5, 5.41) is 6.84. The third-order valence-corrected chi connectivity index (χ3v) is 5.62. The third-order valence-electron chi connectivity index (χ3n) is 5.62. The van der Waals surface area contributed by atoms with Crippen LogP contribution in [0.15, 0.2) is 49.1 Å². The zero-order chi connectivity index (χ0) is 18.2. The molecule has 1 N–H and O–H groups in total. The molecule has 0 aliphatic carbocycles. The van der Waals surface area contributed by atoms with Crippen LogP contribution in [0, 0.1) is 0 Å². The number of fused-ring (bicyclic) bond motifs is 2. The van der Waals surface area contributed by atoms with Crippen LogP contribution in [-0.2, 0) is 6.54 Å². The molecule has 3 fully saturated rings. The van der Waals surface area contributed by atoms with Crippen molar-refractivity contribution >= 4 is 5.82 Å². The first kappa shape index (κ1) is 16.3. The van der Waals surface area contributed by atoms with Gasteiger partial charge in [0.15, 0.2) is 0 Å². The number of aromatic nitrogens is 4. The average molecular weight is 362 g/mol. The second-order valence-electron chi connectivity index (χ2n) is 7.22. The number of nitrogens with zero attached hydrogens (tertiary/aromatic N) is 5. The first-order valence-electron chi connectivity index (χ1n) is 9.25. The van der Waals surface area contributed by atoms with Gasteiger partial charge in [0.1, 0.15) is 5.82 Å². The number of pyridine rings is 2. The fourth-order valence-corrected chi connectivity index (χ4v) is 4.12. The fourth-order valence-electron chi connectivity index (χ4n) is 4.12. The standard InChI is InChI=1S/C20H22N6O/c1-27-20-5-2-14(7-22-20)11-26-17-6-18(26)13-25(12-17)19-4-3-15(8-21-19)16-9-23-24-10-16/h2-5,7-10,17-18H,6,11-13H2,1H3,(H,23,24). The Balaban J connectivity index is 1.23. The molecule has 0 radical (unpaired) electrons. The SMILES string of the molecule is COc1ccc(CN2C3CC2CN(c2ccc(-c4cn[nH]c4)cn2)C3)cn1. The van der Waals surface area contributed by atoms with Crippen LogP contribution in [0.5, 0.6) is 5.88 Å². The number of methoxy groups -OCH3 is 1. The highest BCUT2D eigenvalue weighted by atomic mass is 16.5. The number of piperidine rings is 1.